The fourth-order valence-corrected chi connectivity index (χ4v) is 2.83. The SMILES string of the molecule is COC(=O)c1ccc(C(=O)N2CCCc3cc(C)ccc32)nc1. The molecule has 0 saturated heterocycles. The highest BCUT2D eigenvalue weighted by molar-refractivity contribution is 6.05. The Kier molecular flexibility index (Phi) is 4.10. The molecule has 0 atom stereocenters. The van der Waals surface area contributed by atoms with Gasteiger partial charge in [0.1, 0.15) is 5.69 Å². The quantitative estimate of drug-likeness (QED) is 0.800. The molecule has 23 heavy (non-hydrogen) atoms. The van der Waals surface area contributed by atoms with Crippen molar-refractivity contribution in [3.8, 4) is 0 Å². The number of esters is 1. The molecule has 1 aliphatic heterocycles. The molecule has 2 aromatic rings. The lowest BCUT2D eigenvalue weighted by molar-refractivity contribution is 0.0600. The third kappa shape index (κ3) is 2.95. The normalized spacial score (nSPS) is 13.4. The second-order valence-corrected chi connectivity index (χ2v) is 5.62. The van der Waals surface area contributed by atoms with Gasteiger partial charge >= 0.3 is 5.97 Å². The Bertz CT molecular complexity index is 753. The summed E-state index contributed by atoms with van der Waals surface area (Å²) < 4.78 is 4.64. The lowest BCUT2D eigenvalue weighted by Gasteiger charge is -2.29. The number of hydrogen-bond donors (Lipinski definition) is 0. The summed E-state index contributed by atoms with van der Waals surface area (Å²) >= 11 is 0. The van der Waals surface area contributed by atoms with Gasteiger partial charge in [-0.25, -0.2) is 4.79 Å². The van der Waals surface area contributed by atoms with E-state index < -0.39 is 5.97 Å². The predicted octanol–water partition coefficient (Wildman–Crippen LogP) is 2.77. The number of nitrogens with zero attached hydrogens (tertiary/aromatic N) is 2. The van der Waals surface area contributed by atoms with E-state index >= 15 is 0 Å². The van der Waals surface area contributed by atoms with E-state index in [2.05, 4.69) is 15.8 Å². The highest BCUT2D eigenvalue weighted by atomic mass is 16.5. The number of pyridine rings is 1. The monoisotopic (exact) mass is 310 g/mol. The summed E-state index contributed by atoms with van der Waals surface area (Å²) in [6, 6.07) is 9.26. The number of amides is 1. The van der Waals surface area contributed by atoms with Crippen molar-refractivity contribution < 1.29 is 14.3 Å². The number of fused-ring (bicyclic) bond motifs is 1. The van der Waals surface area contributed by atoms with Crippen LogP contribution in [-0.4, -0.2) is 30.5 Å². The van der Waals surface area contributed by atoms with Crippen LogP contribution >= 0.6 is 0 Å². The van der Waals surface area contributed by atoms with Crippen LogP contribution in [0.2, 0.25) is 0 Å². The molecule has 118 valence electrons. The maximum atomic E-state index is 12.7. The van der Waals surface area contributed by atoms with Crippen LogP contribution in [-0.2, 0) is 11.2 Å². The van der Waals surface area contributed by atoms with E-state index in [9.17, 15) is 9.59 Å². The Labute approximate surface area is 134 Å². The minimum atomic E-state index is -0.463. The molecular weight excluding hydrogens is 292 g/mol. The summed E-state index contributed by atoms with van der Waals surface area (Å²) in [5.74, 6) is -0.610. The number of ether oxygens (including phenoxy) is 1. The molecule has 1 amide bonds. The lowest BCUT2D eigenvalue weighted by atomic mass is 9.99. The number of benzene rings is 1. The number of carbonyl (C=O) groups excluding carboxylic acids is 2. The number of aromatic nitrogens is 1. The van der Waals surface area contributed by atoms with Crippen LogP contribution in [0.25, 0.3) is 0 Å². The third-order valence-electron chi connectivity index (χ3n) is 4.00. The van der Waals surface area contributed by atoms with Crippen molar-refractivity contribution >= 4 is 17.6 Å². The minimum Gasteiger partial charge on any atom is -0.465 e. The van der Waals surface area contributed by atoms with Gasteiger partial charge in [0.05, 0.1) is 12.7 Å². The molecule has 1 aromatic heterocycles. The molecule has 2 heterocycles. The fourth-order valence-electron chi connectivity index (χ4n) is 2.83. The maximum absolute atomic E-state index is 12.7. The smallest absolute Gasteiger partial charge is 0.339 e. The largest absolute Gasteiger partial charge is 0.465 e. The first kappa shape index (κ1) is 15.2. The molecule has 5 nitrogen and oxygen atoms in total. The molecule has 5 heteroatoms. The minimum absolute atomic E-state index is 0.147. The van der Waals surface area contributed by atoms with Gasteiger partial charge in [0.2, 0.25) is 0 Å². The van der Waals surface area contributed by atoms with Gasteiger partial charge in [-0.15, -0.1) is 0 Å². The first-order valence-corrected chi connectivity index (χ1v) is 7.56. The van der Waals surface area contributed by atoms with E-state index in [1.807, 2.05) is 19.1 Å². The molecule has 0 bridgehead atoms. The molecule has 0 saturated carbocycles. The van der Waals surface area contributed by atoms with E-state index in [1.54, 1.807) is 17.0 Å². The van der Waals surface area contributed by atoms with Crippen molar-refractivity contribution in [3.05, 3.63) is 58.9 Å². The van der Waals surface area contributed by atoms with E-state index in [0.29, 0.717) is 17.8 Å². The van der Waals surface area contributed by atoms with E-state index in [1.165, 1.54) is 24.4 Å². The predicted molar refractivity (Wildman–Crippen MR) is 86.8 cm³/mol. The van der Waals surface area contributed by atoms with Crippen molar-refractivity contribution in [2.75, 3.05) is 18.6 Å². The summed E-state index contributed by atoms with van der Waals surface area (Å²) in [5.41, 5.74) is 3.99. The third-order valence-corrected chi connectivity index (χ3v) is 4.00. The number of carbonyl (C=O) groups is 2. The fraction of sp³-hybridized carbons (Fsp3) is 0.278. The van der Waals surface area contributed by atoms with Crippen molar-refractivity contribution in [2.45, 2.75) is 19.8 Å². The van der Waals surface area contributed by atoms with Crippen LogP contribution in [0.5, 0.6) is 0 Å². The summed E-state index contributed by atoms with van der Waals surface area (Å²) in [6.45, 7) is 2.73. The van der Waals surface area contributed by atoms with Crippen molar-refractivity contribution in [3.63, 3.8) is 0 Å². The molecule has 0 unspecified atom stereocenters. The van der Waals surface area contributed by atoms with Crippen LogP contribution in [0.1, 0.15) is 38.4 Å². The zero-order valence-corrected chi connectivity index (χ0v) is 13.2. The molecule has 1 aliphatic rings. The second kappa shape index (κ2) is 6.20. The first-order valence-electron chi connectivity index (χ1n) is 7.56. The van der Waals surface area contributed by atoms with Crippen molar-refractivity contribution in [1.29, 1.82) is 0 Å². The molecule has 0 spiro atoms. The Morgan fingerprint density at radius 1 is 1.22 bits per heavy atom. The average Bonchev–Trinajstić information content (AvgIpc) is 2.59. The van der Waals surface area contributed by atoms with Crippen LogP contribution in [0, 0.1) is 6.92 Å². The molecule has 3 rings (SSSR count). The van der Waals surface area contributed by atoms with Gasteiger partial charge in [0.25, 0.3) is 5.91 Å². The Hall–Kier alpha value is -2.69. The molecule has 0 aliphatic carbocycles. The standard InChI is InChI=1S/C18H18N2O3/c1-12-5-8-16-13(10-12)4-3-9-20(16)17(21)15-7-6-14(11-19-15)18(22)23-2/h5-8,10-11H,3-4,9H2,1-2H3. The number of anilines is 1. The Morgan fingerprint density at radius 3 is 2.74 bits per heavy atom. The zero-order valence-electron chi connectivity index (χ0n) is 13.2. The van der Waals surface area contributed by atoms with E-state index in [-0.39, 0.29) is 5.91 Å². The van der Waals surface area contributed by atoms with E-state index in [4.69, 9.17) is 0 Å². The molecule has 1 aromatic carbocycles. The van der Waals surface area contributed by atoms with Gasteiger partial charge in [-0.05, 0) is 43.5 Å². The molecule has 0 N–H and O–H groups in total. The summed E-state index contributed by atoms with van der Waals surface area (Å²) in [6.07, 6.45) is 3.29. The number of rotatable bonds is 2. The van der Waals surface area contributed by atoms with E-state index in [0.717, 1.165) is 18.5 Å². The first-order chi connectivity index (χ1) is 11.1. The summed E-state index contributed by atoms with van der Waals surface area (Å²) in [5, 5.41) is 0. The molecule has 0 fully saturated rings. The van der Waals surface area contributed by atoms with Crippen molar-refractivity contribution in [1.82, 2.24) is 4.98 Å². The van der Waals surface area contributed by atoms with Gasteiger partial charge in [-0.3, -0.25) is 9.78 Å². The number of aryl methyl sites for hydroxylation is 2. The highest BCUT2D eigenvalue weighted by Gasteiger charge is 2.24. The average molecular weight is 310 g/mol. The maximum Gasteiger partial charge on any atom is 0.339 e. The Balaban J connectivity index is 1.88. The van der Waals surface area contributed by atoms with Crippen LogP contribution in [0.3, 0.4) is 0 Å². The number of methoxy groups -OCH3 is 1. The summed E-state index contributed by atoms with van der Waals surface area (Å²) in [4.78, 5) is 30.1. The molecule has 0 radical (unpaired) electrons. The Morgan fingerprint density at radius 2 is 2.04 bits per heavy atom. The van der Waals surface area contributed by atoms with Gasteiger partial charge in [0.15, 0.2) is 0 Å². The van der Waals surface area contributed by atoms with Gasteiger partial charge in [0, 0.05) is 18.4 Å². The number of hydrogen-bond acceptors (Lipinski definition) is 4. The van der Waals surface area contributed by atoms with Crippen molar-refractivity contribution in [2.24, 2.45) is 0 Å². The van der Waals surface area contributed by atoms with Crippen LogP contribution in [0.4, 0.5) is 5.69 Å². The highest BCUT2D eigenvalue weighted by Crippen LogP contribution is 2.29. The second-order valence-electron chi connectivity index (χ2n) is 5.62. The lowest BCUT2D eigenvalue weighted by Crippen LogP contribution is -2.36. The molecular formula is C18H18N2O3. The van der Waals surface area contributed by atoms with Crippen LogP contribution < -0.4 is 4.90 Å². The van der Waals surface area contributed by atoms with Crippen LogP contribution in [0.15, 0.2) is 36.5 Å². The van der Waals surface area contributed by atoms with Gasteiger partial charge in [-0.1, -0.05) is 17.7 Å². The topological polar surface area (TPSA) is 59.5 Å². The zero-order chi connectivity index (χ0) is 16.4. The van der Waals surface area contributed by atoms with Gasteiger partial charge < -0.3 is 9.64 Å². The summed E-state index contributed by atoms with van der Waals surface area (Å²) in [7, 11) is 1.31. The van der Waals surface area contributed by atoms with Gasteiger partial charge in [-0.2, -0.15) is 0 Å².